The second-order valence-electron chi connectivity index (χ2n) is 8.71. The molecule has 3 aromatic rings. The van der Waals surface area contributed by atoms with E-state index in [4.69, 9.17) is 9.36 Å². The lowest BCUT2D eigenvalue weighted by molar-refractivity contribution is -0.143. The van der Waals surface area contributed by atoms with Crippen molar-refractivity contribution in [3.05, 3.63) is 59.7 Å². The monoisotopic (exact) mass is 455 g/mol. The first-order valence-corrected chi connectivity index (χ1v) is 10.8. The number of rotatable bonds is 6. The van der Waals surface area contributed by atoms with Gasteiger partial charge in [0.2, 0.25) is 5.91 Å². The number of nitrogens with zero attached hydrogens (tertiary/aromatic N) is 2. The van der Waals surface area contributed by atoms with E-state index in [0.29, 0.717) is 22.6 Å². The molecule has 1 aliphatic rings. The number of likely N-dealkylation sites (tertiary alicyclic amines) is 1. The van der Waals surface area contributed by atoms with E-state index in [1.165, 1.54) is 17.0 Å². The average Bonchev–Trinajstić information content (AvgIpc) is 3.37. The predicted octanol–water partition coefficient (Wildman–Crippen LogP) is 3.09. The van der Waals surface area contributed by atoms with E-state index in [-0.39, 0.29) is 30.6 Å². The fourth-order valence-corrected chi connectivity index (χ4v) is 4.19. The van der Waals surface area contributed by atoms with Crippen LogP contribution in [-0.4, -0.2) is 45.7 Å². The van der Waals surface area contributed by atoms with Crippen LogP contribution in [0.15, 0.2) is 47.0 Å². The van der Waals surface area contributed by atoms with E-state index < -0.39 is 24.0 Å². The molecule has 0 saturated carbocycles. The molecule has 0 radical (unpaired) electrons. The summed E-state index contributed by atoms with van der Waals surface area (Å²) in [5.74, 6) is -1.15. The highest BCUT2D eigenvalue weighted by molar-refractivity contribution is 5.91. The average molecular weight is 455 g/mol. The number of aliphatic hydroxyl groups excluding tert-OH is 1. The zero-order valence-corrected chi connectivity index (χ0v) is 18.6. The summed E-state index contributed by atoms with van der Waals surface area (Å²) in [6.45, 7) is 5.58. The molecule has 1 saturated heterocycles. The van der Waals surface area contributed by atoms with Gasteiger partial charge in [-0.2, -0.15) is 5.48 Å². The lowest BCUT2D eigenvalue weighted by atomic mass is 9.91. The molecule has 0 aliphatic carbocycles. The van der Waals surface area contributed by atoms with Crippen LogP contribution in [0.1, 0.15) is 37.6 Å². The fraction of sp³-hybridized carbons (Fsp3) is 0.375. The quantitative estimate of drug-likeness (QED) is 0.554. The smallest absolute Gasteiger partial charge is 0.275 e. The molecule has 8 nitrogen and oxygen atoms in total. The normalized spacial score (nSPS) is 19.2. The second-order valence-corrected chi connectivity index (χ2v) is 8.71. The molecule has 1 fully saturated rings. The van der Waals surface area contributed by atoms with E-state index in [2.05, 4.69) is 10.6 Å². The van der Waals surface area contributed by atoms with Gasteiger partial charge in [-0.1, -0.05) is 31.1 Å². The maximum absolute atomic E-state index is 13.4. The van der Waals surface area contributed by atoms with Crippen molar-refractivity contribution in [3.8, 4) is 5.75 Å². The maximum atomic E-state index is 13.4. The van der Waals surface area contributed by atoms with Crippen molar-refractivity contribution in [2.24, 2.45) is 5.92 Å². The number of benzene rings is 2. The first-order valence-electron chi connectivity index (χ1n) is 10.8. The number of β-amino-alcohol motifs (C(OH)–C–C–N with tert-alkyl or cyclic N) is 1. The van der Waals surface area contributed by atoms with Crippen molar-refractivity contribution >= 4 is 22.6 Å². The van der Waals surface area contributed by atoms with Crippen molar-refractivity contribution in [2.45, 2.75) is 45.3 Å². The number of nitrogens with one attached hydrogen (secondary N) is 1. The maximum Gasteiger partial charge on any atom is 0.275 e. The number of fused-ring (bicyclic) bond motifs is 1. The molecule has 2 heterocycles. The molecule has 0 spiro atoms. The standard InChI is InChI=1S/C24H26FN3O5/c1-13(2)22(21-8-14(3)26-33-21)24(31)28-12-18(29)11-20(28)23(30)27-32-19-7-5-15-9-17(25)6-4-16(15)10-19/h4-10,13,18,20,22,29H,11-12H2,1-3H3,(H,27,30). The van der Waals surface area contributed by atoms with Crippen LogP contribution < -0.4 is 10.3 Å². The Labute approximate surface area is 190 Å². The zero-order valence-electron chi connectivity index (χ0n) is 18.6. The van der Waals surface area contributed by atoms with Crippen molar-refractivity contribution in [1.29, 1.82) is 0 Å². The number of amides is 2. The van der Waals surface area contributed by atoms with Gasteiger partial charge in [0.05, 0.1) is 11.8 Å². The molecule has 33 heavy (non-hydrogen) atoms. The third-order valence-corrected chi connectivity index (χ3v) is 5.79. The minimum Gasteiger partial charge on any atom is -0.391 e. The zero-order chi connectivity index (χ0) is 23.7. The van der Waals surface area contributed by atoms with Crippen LogP contribution >= 0.6 is 0 Å². The van der Waals surface area contributed by atoms with E-state index in [1.54, 1.807) is 37.3 Å². The van der Waals surface area contributed by atoms with Gasteiger partial charge in [-0.25, -0.2) is 4.39 Å². The summed E-state index contributed by atoms with van der Waals surface area (Å²) in [5.41, 5.74) is 3.04. The van der Waals surface area contributed by atoms with E-state index >= 15 is 0 Å². The highest BCUT2D eigenvalue weighted by Crippen LogP contribution is 2.31. The molecule has 2 amide bonds. The summed E-state index contributed by atoms with van der Waals surface area (Å²) in [6.07, 6.45) is -0.734. The van der Waals surface area contributed by atoms with Gasteiger partial charge in [0.25, 0.3) is 5.91 Å². The minimum absolute atomic E-state index is 0.0365. The highest BCUT2D eigenvalue weighted by atomic mass is 19.1. The second kappa shape index (κ2) is 9.19. The third-order valence-electron chi connectivity index (χ3n) is 5.79. The van der Waals surface area contributed by atoms with Crippen LogP contribution in [0.25, 0.3) is 10.8 Å². The first kappa shape index (κ1) is 22.7. The molecular formula is C24H26FN3O5. The highest BCUT2D eigenvalue weighted by Gasteiger charge is 2.43. The summed E-state index contributed by atoms with van der Waals surface area (Å²) >= 11 is 0. The summed E-state index contributed by atoms with van der Waals surface area (Å²) in [4.78, 5) is 33.1. The van der Waals surface area contributed by atoms with Gasteiger partial charge in [-0.05, 0) is 47.9 Å². The van der Waals surface area contributed by atoms with E-state index in [0.717, 1.165) is 5.39 Å². The van der Waals surface area contributed by atoms with Crippen LogP contribution in [0.4, 0.5) is 4.39 Å². The first-order chi connectivity index (χ1) is 15.7. The van der Waals surface area contributed by atoms with Gasteiger partial charge in [0.1, 0.15) is 23.5 Å². The number of halogens is 1. The van der Waals surface area contributed by atoms with Crippen LogP contribution in [0.5, 0.6) is 5.75 Å². The van der Waals surface area contributed by atoms with Crippen molar-refractivity contribution in [3.63, 3.8) is 0 Å². The van der Waals surface area contributed by atoms with E-state index in [1.807, 2.05) is 13.8 Å². The Morgan fingerprint density at radius 2 is 1.94 bits per heavy atom. The lowest BCUT2D eigenvalue weighted by Gasteiger charge is -2.28. The van der Waals surface area contributed by atoms with E-state index in [9.17, 15) is 19.1 Å². The van der Waals surface area contributed by atoms with Crippen molar-refractivity contribution < 1.29 is 28.4 Å². The Balaban J connectivity index is 1.48. The summed E-state index contributed by atoms with van der Waals surface area (Å²) in [6, 6.07) is 10.1. The Hall–Kier alpha value is -3.46. The number of aryl methyl sites for hydroxylation is 1. The predicted molar refractivity (Wildman–Crippen MR) is 118 cm³/mol. The number of aromatic nitrogens is 1. The summed E-state index contributed by atoms with van der Waals surface area (Å²) < 4.78 is 18.7. The van der Waals surface area contributed by atoms with Crippen molar-refractivity contribution in [2.75, 3.05) is 6.54 Å². The SMILES string of the molecule is Cc1cc(C(C(=O)N2CC(O)CC2C(=O)NOc2ccc3cc(F)ccc3c2)C(C)C)on1. The molecule has 2 N–H and O–H groups in total. The molecule has 0 bridgehead atoms. The van der Waals surface area contributed by atoms with Crippen molar-refractivity contribution in [1.82, 2.24) is 15.5 Å². The Morgan fingerprint density at radius 3 is 2.64 bits per heavy atom. The number of carbonyl (C=O) groups is 2. The molecule has 1 aromatic heterocycles. The largest absolute Gasteiger partial charge is 0.391 e. The van der Waals surface area contributed by atoms with Gasteiger partial charge < -0.3 is 19.4 Å². The van der Waals surface area contributed by atoms with Crippen LogP contribution in [0, 0.1) is 18.7 Å². The van der Waals surface area contributed by atoms with Crippen LogP contribution in [0.3, 0.4) is 0 Å². The summed E-state index contributed by atoms with van der Waals surface area (Å²) in [5, 5.41) is 15.5. The van der Waals surface area contributed by atoms with Gasteiger partial charge >= 0.3 is 0 Å². The lowest BCUT2D eigenvalue weighted by Crippen LogP contribution is -2.48. The molecule has 174 valence electrons. The van der Waals surface area contributed by atoms with Gasteiger partial charge in [-0.3, -0.25) is 9.59 Å². The van der Waals surface area contributed by atoms with Gasteiger partial charge in [0.15, 0.2) is 5.75 Å². The van der Waals surface area contributed by atoms with Gasteiger partial charge in [-0.15, -0.1) is 0 Å². The Morgan fingerprint density at radius 1 is 1.21 bits per heavy atom. The summed E-state index contributed by atoms with van der Waals surface area (Å²) in [7, 11) is 0. The topological polar surface area (TPSA) is 105 Å². The molecule has 3 atom stereocenters. The number of hydrogen-bond acceptors (Lipinski definition) is 6. The molecular weight excluding hydrogens is 429 g/mol. The van der Waals surface area contributed by atoms with Crippen LogP contribution in [-0.2, 0) is 9.59 Å². The molecule has 1 aliphatic heterocycles. The number of hydrogen-bond donors (Lipinski definition) is 2. The minimum atomic E-state index is -0.896. The van der Waals surface area contributed by atoms with Gasteiger partial charge in [0, 0.05) is 19.0 Å². The third kappa shape index (κ3) is 4.83. The Kier molecular flexibility index (Phi) is 6.33. The number of carbonyl (C=O) groups excluding carboxylic acids is 2. The molecule has 3 unspecified atom stereocenters. The molecule has 4 rings (SSSR count). The number of aliphatic hydroxyl groups is 1. The molecule has 2 aromatic carbocycles. The van der Waals surface area contributed by atoms with Crippen LogP contribution in [0.2, 0.25) is 0 Å². The molecule has 9 heteroatoms. The fourth-order valence-electron chi connectivity index (χ4n) is 4.19. The number of hydroxylamine groups is 1. The Bertz CT molecular complexity index is 1180.